The van der Waals surface area contributed by atoms with Gasteiger partial charge in [0.1, 0.15) is 23.3 Å². The first-order valence-corrected chi connectivity index (χ1v) is 10.1. The standard InChI is InChI=1S/C21H19FN8O3.CH4/c1-12(31)23-8-15-10-30(21(32)33-15)14-4-5-16(17(22)7-14)13-3-6-19-24-18(11-29(19)9-13)20-25-26-27-28(20)2;/h3-7,9,11,15H,8,10H2,1-2H3,(H,23,31);1H4/t15-;/m0./s1. The van der Waals surface area contributed by atoms with Gasteiger partial charge in [-0.25, -0.2) is 18.9 Å². The van der Waals surface area contributed by atoms with E-state index < -0.39 is 18.0 Å². The number of amides is 2. The van der Waals surface area contributed by atoms with Crippen LogP contribution in [0, 0.1) is 5.82 Å². The molecule has 11 nitrogen and oxygen atoms in total. The second-order valence-corrected chi connectivity index (χ2v) is 7.65. The van der Waals surface area contributed by atoms with Gasteiger partial charge in [0.05, 0.1) is 18.8 Å². The molecule has 1 N–H and O–H groups in total. The van der Waals surface area contributed by atoms with E-state index in [2.05, 4.69) is 25.8 Å². The monoisotopic (exact) mass is 466 g/mol. The van der Waals surface area contributed by atoms with Crippen LogP contribution >= 0.6 is 0 Å². The molecule has 1 fully saturated rings. The average molecular weight is 466 g/mol. The molecule has 4 heterocycles. The number of hydrogen-bond acceptors (Lipinski definition) is 7. The van der Waals surface area contributed by atoms with Crippen molar-refractivity contribution in [2.24, 2.45) is 7.05 Å². The highest BCUT2D eigenvalue weighted by atomic mass is 19.1. The van der Waals surface area contributed by atoms with E-state index in [0.717, 1.165) is 0 Å². The molecule has 0 saturated carbocycles. The Balaban J connectivity index is 0.00000274. The molecule has 1 aliphatic rings. The maximum Gasteiger partial charge on any atom is 0.414 e. The molecule has 5 rings (SSSR count). The number of ether oxygens (including phenoxy) is 1. The molecule has 0 aliphatic carbocycles. The second kappa shape index (κ2) is 8.89. The van der Waals surface area contributed by atoms with E-state index in [-0.39, 0.29) is 26.4 Å². The summed E-state index contributed by atoms with van der Waals surface area (Å²) in [5, 5.41) is 14.0. The van der Waals surface area contributed by atoms with Crippen molar-refractivity contribution in [1.82, 2.24) is 34.9 Å². The Hall–Kier alpha value is -4.35. The van der Waals surface area contributed by atoms with E-state index in [1.165, 1.54) is 22.6 Å². The third-order valence-corrected chi connectivity index (χ3v) is 5.33. The fourth-order valence-electron chi connectivity index (χ4n) is 3.71. The summed E-state index contributed by atoms with van der Waals surface area (Å²) in [6.07, 6.45) is 2.46. The molecule has 0 spiro atoms. The number of nitrogens with zero attached hydrogens (tertiary/aromatic N) is 7. The van der Waals surface area contributed by atoms with Gasteiger partial charge in [0.15, 0.2) is 0 Å². The van der Waals surface area contributed by atoms with Crippen LogP contribution in [0.15, 0.2) is 42.7 Å². The zero-order chi connectivity index (χ0) is 23.1. The molecule has 1 saturated heterocycles. The van der Waals surface area contributed by atoms with Crippen molar-refractivity contribution in [2.45, 2.75) is 20.5 Å². The first-order valence-electron chi connectivity index (χ1n) is 10.1. The minimum atomic E-state index is -0.580. The summed E-state index contributed by atoms with van der Waals surface area (Å²) in [5.41, 5.74) is 2.65. The molecule has 3 aromatic heterocycles. The molecule has 0 bridgehead atoms. The number of rotatable bonds is 5. The number of aryl methyl sites for hydroxylation is 1. The summed E-state index contributed by atoms with van der Waals surface area (Å²) in [7, 11) is 1.72. The maximum absolute atomic E-state index is 15.1. The number of nitrogens with one attached hydrogen (secondary N) is 1. The predicted molar refractivity (Wildman–Crippen MR) is 121 cm³/mol. The van der Waals surface area contributed by atoms with Crippen LogP contribution in [0.1, 0.15) is 14.4 Å². The zero-order valence-electron chi connectivity index (χ0n) is 17.8. The van der Waals surface area contributed by atoms with Crippen molar-refractivity contribution in [3.05, 3.63) is 48.5 Å². The van der Waals surface area contributed by atoms with E-state index in [9.17, 15) is 9.59 Å². The quantitative estimate of drug-likeness (QED) is 0.480. The number of hydrogen-bond donors (Lipinski definition) is 1. The Kier molecular flexibility index (Phi) is 5.97. The van der Waals surface area contributed by atoms with Gasteiger partial charge in [0.2, 0.25) is 11.7 Å². The lowest BCUT2D eigenvalue weighted by atomic mass is 10.1. The minimum absolute atomic E-state index is 0. The zero-order valence-corrected chi connectivity index (χ0v) is 17.8. The lowest BCUT2D eigenvalue weighted by molar-refractivity contribution is -0.119. The predicted octanol–water partition coefficient (Wildman–Crippen LogP) is 2.43. The Labute approximate surface area is 194 Å². The molecule has 1 aromatic carbocycles. The molecular formula is C22H23FN8O3. The number of benzene rings is 1. The fourth-order valence-corrected chi connectivity index (χ4v) is 3.71. The maximum atomic E-state index is 15.1. The number of tetrazole rings is 1. The first-order chi connectivity index (χ1) is 15.9. The summed E-state index contributed by atoms with van der Waals surface area (Å²) >= 11 is 0. The van der Waals surface area contributed by atoms with Crippen LogP contribution in [0.5, 0.6) is 0 Å². The van der Waals surface area contributed by atoms with Crippen LogP contribution in [0.25, 0.3) is 28.3 Å². The number of carbonyl (C=O) groups is 2. The fraction of sp³-hybridized carbons (Fsp3) is 0.273. The molecule has 1 atom stereocenters. The summed E-state index contributed by atoms with van der Waals surface area (Å²) in [5.74, 6) is -0.178. The van der Waals surface area contributed by atoms with E-state index in [1.54, 1.807) is 48.1 Å². The third-order valence-electron chi connectivity index (χ3n) is 5.33. The number of halogens is 1. The van der Waals surface area contributed by atoms with Gasteiger partial charge in [0.25, 0.3) is 0 Å². The Bertz CT molecular complexity index is 1380. The largest absolute Gasteiger partial charge is 0.442 e. The van der Waals surface area contributed by atoms with Gasteiger partial charge in [-0.15, -0.1) is 5.10 Å². The summed E-state index contributed by atoms with van der Waals surface area (Å²) in [4.78, 5) is 29.1. The van der Waals surface area contributed by atoms with Crippen molar-refractivity contribution in [2.75, 3.05) is 18.0 Å². The summed E-state index contributed by atoms with van der Waals surface area (Å²) in [6.45, 7) is 1.81. The van der Waals surface area contributed by atoms with Gasteiger partial charge in [-0.1, -0.05) is 7.43 Å². The van der Waals surface area contributed by atoms with Crippen LogP contribution in [0.4, 0.5) is 14.9 Å². The molecular weight excluding hydrogens is 443 g/mol. The van der Waals surface area contributed by atoms with Gasteiger partial charge in [-0.3, -0.25) is 9.69 Å². The molecule has 0 unspecified atom stereocenters. The van der Waals surface area contributed by atoms with Crippen LogP contribution in [-0.2, 0) is 16.6 Å². The summed E-state index contributed by atoms with van der Waals surface area (Å²) < 4.78 is 23.6. The topological polar surface area (TPSA) is 120 Å². The second-order valence-electron chi connectivity index (χ2n) is 7.65. The Morgan fingerprint density at radius 3 is 2.79 bits per heavy atom. The lowest BCUT2D eigenvalue weighted by Crippen LogP contribution is -2.33. The van der Waals surface area contributed by atoms with Gasteiger partial charge < -0.3 is 14.5 Å². The molecule has 1 aliphatic heterocycles. The van der Waals surface area contributed by atoms with Crippen LogP contribution in [0.2, 0.25) is 0 Å². The van der Waals surface area contributed by atoms with E-state index in [1.807, 2.05) is 0 Å². The highest BCUT2D eigenvalue weighted by Gasteiger charge is 2.32. The third kappa shape index (κ3) is 4.17. The first kappa shape index (κ1) is 22.8. The smallest absolute Gasteiger partial charge is 0.414 e. The molecule has 176 valence electrons. The number of imidazole rings is 1. The highest BCUT2D eigenvalue weighted by molar-refractivity contribution is 5.90. The molecule has 34 heavy (non-hydrogen) atoms. The summed E-state index contributed by atoms with van der Waals surface area (Å²) in [6, 6.07) is 8.12. The van der Waals surface area contributed by atoms with Crippen molar-refractivity contribution >= 4 is 23.3 Å². The number of cyclic esters (lactones) is 1. The minimum Gasteiger partial charge on any atom is -0.442 e. The average Bonchev–Trinajstić information content (AvgIpc) is 3.49. The SMILES string of the molecule is C.CC(=O)NC[C@H]1CN(c2ccc(-c3ccc4nc(-c5nnnn5C)cn4c3)c(F)c2)C(=O)O1. The van der Waals surface area contributed by atoms with Gasteiger partial charge in [-0.05, 0) is 40.8 Å². The van der Waals surface area contributed by atoms with Crippen LogP contribution in [-0.4, -0.2) is 60.8 Å². The van der Waals surface area contributed by atoms with Crippen LogP contribution < -0.4 is 10.2 Å². The molecule has 0 radical (unpaired) electrons. The van der Waals surface area contributed by atoms with E-state index >= 15 is 4.39 Å². The number of anilines is 1. The van der Waals surface area contributed by atoms with Crippen molar-refractivity contribution in [3.8, 4) is 22.6 Å². The van der Waals surface area contributed by atoms with E-state index in [0.29, 0.717) is 34.0 Å². The van der Waals surface area contributed by atoms with E-state index in [4.69, 9.17) is 4.74 Å². The molecule has 4 aromatic rings. The molecule has 2 amide bonds. The number of carbonyl (C=O) groups excluding carboxylic acids is 2. The lowest BCUT2D eigenvalue weighted by Gasteiger charge is -2.14. The van der Waals surface area contributed by atoms with Crippen molar-refractivity contribution < 1.29 is 18.7 Å². The molecule has 12 heteroatoms. The van der Waals surface area contributed by atoms with Gasteiger partial charge in [-0.2, -0.15) is 0 Å². The number of aromatic nitrogens is 6. The Morgan fingerprint density at radius 1 is 1.26 bits per heavy atom. The number of fused-ring (bicyclic) bond motifs is 1. The van der Waals surface area contributed by atoms with Gasteiger partial charge in [0, 0.05) is 37.5 Å². The normalized spacial score (nSPS) is 15.3. The van der Waals surface area contributed by atoms with Crippen LogP contribution in [0.3, 0.4) is 0 Å². The number of pyridine rings is 1. The van der Waals surface area contributed by atoms with Crippen molar-refractivity contribution in [1.29, 1.82) is 0 Å². The van der Waals surface area contributed by atoms with Gasteiger partial charge >= 0.3 is 6.09 Å². The van der Waals surface area contributed by atoms with Crippen molar-refractivity contribution in [3.63, 3.8) is 0 Å². The highest BCUT2D eigenvalue weighted by Crippen LogP contribution is 2.29. The Morgan fingerprint density at radius 2 is 2.09 bits per heavy atom.